The van der Waals surface area contributed by atoms with Gasteiger partial charge in [-0.1, -0.05) is 36.8 Å². The van der Waals surface area contributed by atoms with Gasteiger partial charge in [-0.25, -0.2) is 0 Å². The van der Waals surface area contributed by atoms with E-state index in [1.165, 1.54) is 11.1 Å². The molecule has 94 valence electrons. The molecule has 17 heavy (non-hydrogen) atoms. The second kappa shape index (κ2) is 5.65. The van der Waals surface area contributed by atoms with Crippen LogP contribution < -0.4 is 0 Å². The Morgan fingerprint density at radius 1 is 1.29 bits per heavy atom. The highest BCUT2D eigenvalue weighted by molar-refractivity contribution is 5.22. The Kier molecular flexibility index (Phi) is 4.19. The fraction of sp³-hybridized carbons (Fsp3) is 0.600. The number of nitrogens with zero attached hydrogens (tertiary/aromatic N) is 1. The summed E-state index contributed by atoms with van der Waals surface area (Å²) in [6, 6.07) is 8.68. The quantitative estimate of drug-likeness (QED) is 0.865. The number of aryl methyl sites for hydroxylation is 1. The van der Waals surface area contributed by atoms with E-state index in [4.69, 9.17) is 0 Å². The number of hydrogen-bond acceptors (Lipinski definition) is 2. The predicted molar refractivity (Wildman–Crippen MR) is 71.1 cm³/mol. The standard InChI is InChI=1S/C15H23NO/c1-3-16-9-8-15(17)14(11-16)10-13-6-4-12(2)5-7-13/h4-7,14-15,17H,3,8-11H2,1-2H3. The van der Waals surface area contributed by atoms with Gasteiger partial charge in [0.15, 0.2) is 0 Å². The minimum Gasteiger partial charge on any atom is -0.393 e. The van der Waals surface area contributed by atoms with E-state index in [1.54, 1.807) is 0 Å². The van der Waals surface area contributed by atoms with Crippen molar-refractivity contribution in [1.82, 2.24) is 4.90 Å². The van der Waals surface area contributed by atoms with Crippen molar-refractivity contribution >= 4 is 0 Å². The van der Waals surface area contributed by atoms with Gasteiger partial charge in [0, 0.05) is 19.0 Å². The van der Waals surface area contributed by atoms with Gasteiger partial charge in [-0.3, -0.25) is 0 Å². The van der Waals surface area contributed by atoms with Crippen LogP contribution in [0.5, 0.6) is 0 Å². The van der Waals surface area contributed by atoms with Crippen molar-refractivity contribution in [2.75, 3.05) is 19.6 Å². The molecule has 0 aromatic heterocycles. The van der Waals surface area contributed by atoms with Crippen LogP contribution in [-0.2, 0) is 6.42 Å². The van der Waals surface area contributed by atoms with Crippen molar-refractivity contribution in [2.45, 2.75) is 32.8 Å². The van der Waals surface area contributed by atoms with Crippen LogP contribution in [0.4, 0.5) is 0 Å². The fourth-order valence-electron chi connectivity index (χ4n) is 2.61. The van der Waals surface area contributed by atoms with Crippen molar-refractivity contribution in [3.63, 3.8) is 0 Å². The zero-order valence-corrected chi connectivity index (χ0v) is 10.9. The second-order valence-corrected chi connectivity index (χ2v) is 5.20. The Bertz CT molecular complexity index is 346. The molecule has 1 heterocycles. The van der Waals surface area contributed by atoms with Crippen molar-refractivity contribution < 1.29 is 5.11 Å². The molecule has 1 fully saturated rings. The van der Waals surface area contributed by atoms with Crippen LogP contribution in [0, 0.1) is 12.8 Å². The van der Waals surface area contributed by atoms with E-state index in [1.807, 2.05) is 0 Å². The smallest absolute Gasteiger partial charge is 0.0596 e. The molecule has 0 bridgehead atoms. The first-order valence-electron chi connectivity index (χ1n) is 6.65. The van der Waals surface area contributed by atoms with E-state index in [0.717, 1.165) is 32.5 Å². The molecule has 2 nitrogen and oxygen atoms in total. The number of benzene rings is 1. The molecule has 0 aliphatic carbocycles. The molecule has 2 atom stereocenters. The largest absolute Gasteiger partial charge is 0.393 e. The molecule has 2 rings (SSSR count). The van der Waals surface area contributed by atoms with Crippen LogP contribution in [0.1, 0.15) is 24.5 Å². The lowest BCUT2D eigenvalue weighted by molar-refractivity contribution is 0.0290. The third-order valence-electron chi connectivity index (χ3n) is 3.84. The second-order valence-electron chi connectivity index (χ2n) is 5.20. The molecule has 0 amide bonds. The number of hydrogen-bond donors (Lipinski definition) is 1. The molecular weight excluding hydrogens is 210 g/mol. The van der Waals surface area contributed by atoms with Crippen LogP contribution in [0.25, 0.3) is 0 Å². The normalized spacial score (nSPS) is 26.1. The number of likely N-dealkylation sites (tertiary alicyclic amines) is 1. The number of aliphatic hydroxyl groups excluding tert-OH is 1. The molecule has 1 aromatic carbocycles. The molecule has 1 N–H and O–H groups in total. The molecule has 2 heteroatoms. The maximum Gasteiger partial charge on any atom is 0.0596 e. The highest BCUT2D eigenvalue weighted by atomic mass is 16.3. The van der Waals surface area contributed by atoms with Gasteiger partial charge >= 0.3 is 0 Å². The van der Waals surface area contributed by atoms with Gasteiger partial charge in [-0.15, -0.1) is 0 Å². The van der Waals surface area contributed by atoms with Gasteiger partial charge in [-0.2, -0.15) is 0 Å². The third kappa shape index (κ3) is 3.30. The Balaban J connectivity index is 1.98. The lowest BCUT2D eigenvalue weighted by atomic mass is 9.88. The molecule has 0 spiro atoms. The average Bonchev–Trinajstić information content (AvgIpc) is 2.35. The van der Waals surface area contributed by atoms with Crippen LogP contribution in [0.3, 0.4) is 0 Å². The fourth-order valence-corrected chi connectivity index (χ4v) is 2.61. The molecule has 1 aliphatic heterocycles. The van der Waals surface area contributed by atoms with Gasteiger partial charge in [0.05, 0.1) is 6.10 Å². The summed E-state index contributed by atoms with van der Waals surface area (Å²) in [5.41, 5.74) is 2.64. The third-order valence-corrected chi connectivity index (χ3v) is 3.84. The van der Waals surface area contributed by atoms with Crippen molar-refractivity contribution in [3.8, 4) is 0 Å². The lowest BCUT2D eigenvalue weighted by Crippen LogP contribution is -2.43. The summed E-state index contributed by atoms with van der Waals surface area (Å²) in [4.78, 5) is 2.44. The first kappa shape index (κ1) is 12.6. The summed E-state index contributed by atoms with van der Waals surface area (Å²) >= 11 is 0. The first-order valence-corrected chi connectivity index (χ1v) is 6.65. The van der Waals surface area contributed by atoms with E-state index in [9.17, 15) is 5.11 Å². The minimum atomic E-state index is -0.126. The lowest BCUT2D eigenvalue weighted by Gasteiger charge is -2.35. The van der Waals surface area contributed by atoms with Crippen molar-refractivity contribution in [3.05, 3.63) is 35.4 Å². The molecule has 2 unspecified atom stereocenters. The van der Waals surface area contributed by atoms with E-state index < -0.39 is 0 Å². The van der Waals surface area contributed by atoms with Crippen molar-refractivity contribution in [2.24, 2.45) is 5.92 Å². The summed E-state index contributed by atoms with van der Waals surface area (Å²) in [5, 5.41) is 10.1. The SMILES string of the molecule is CCN1CCC(O)C(Cc2ccc(C)cc2)C1. The average molecular weight is 233 g/mol. The topological polar surface area (TPSA) is 23.5 Å². The van der Waals surface area contributed by atoms with E-state index in [2.05, 4.69) is 43.0 Å². The molecular formula is C15H23NO. The molecule has 0 radical (unpaired) electrons. The van der Waals surface area contributed by atoms with Crippen LogP contribution >= 0.6 is 0 Å². The molecule has 1 aliphatic rings. The number of aliphatic hydroxyl groups is 1. The summed E-state index contributed by atoms with van der Waals surface area (Å²) in [5.74, 6) is 0.395. The van der Waals surface area contributed by atoms with Gasteiger partial charge in [0.1, 0.15) is 0 Å². The van der Waals surface area contributed by atoms with Crippen LogP contribution in [0.2, 0.25) is 0 Å². The Morgan fingerprint density at radius 2 is 2.00 bits per heavy atom. The maximum atomic E-state index is 10.1. The first-order chi connectivity index (χ1) is 8.19. The monoisotopic (exact) mass is 233 g/mol. The van der Waals surface area contributed by atoms with Gasteiger partial charge in [-0.05, 0) is 31.9 Å². The molecule has 0 saturated carbocycles. The summed E-state index contributed by atoms with van der Waals surface area (Å²) < 4.78 is 0. The van der Waals surface area contributed by atoms with Gasteiger partial charge in [0.25, 0.3) is 0 Å². The molecule has 1 aromatic rings. The zero-order chi connectivity index (χ0) is 12.3. The van der Waals surface area contributed by atoms with E-state index in [0.29, 0.717) is 5.92 Å². The van der Waals surface area contributed by atoms with Crippen molar-refractivity contribution in [1.29, 1.82) is 0 Å². The molecule has 1 saturated heterocycles. The highest BCUT2D eigenvalue weighted by Crippen LogP contribution is 2.21. The summed E-state index contributed by atoms with van der Waals surface area (Å²) in [7, 11) is 0. The maximum absolute atomic E-state index is 10.1. The van der Waals surface area contributed by atoms with E-state index in [-0.39, 0.29) is 6.10 Å². The Labute approximate surface area is 104 Å². The van der Waals surface area contributed by atoms with Gasteiger partial charge in [0.2, 0.25) is 0 Å². The van der Waals surface area contributed by atoms with Crippen LogP contribution in [0.15, 0.2) is 24.3 Å². The number of rotatable bonds is 3. The van der Waals surface area contributed by atoms with Gasteiger partial charge < -0.3 is 10.0 Å². The number of piperidine rings is 1. The Hall–Kier alpha value is -0.860. The minimum absolute atomic E-state index is 0.126. The zero-order valence-electron chi connectivity index (χ0n) is 10.9. The highest BCUT2D eigenvalue weighted by Gasteiger charge is 2.26. The predicted octanol–water partition coefficient (Wildman–Crippen LogP) is 2.24. The van der Waals surface area contributed by atoms with Crippen LogP contribution in [-0.4, -0.2) is 35.7 Å². The summed E-state index contributed by atoms with van der Waals surface area (Å²) in [6.07, 6.45) is 1.79. The van der Waals surface area contributed by atoms with E-state index >= 15 is 0 Å². The summed E-state index contributed by atoms with van der Waals surface area (Å²) in [6.45, 7) is 7.48. The Morgan fingerprint density at radius 3 is 2.65 bits per heavy atom.